The molecule has 1 aliphatic rings. The number of benzene rings is 2. The number of hydrogen-bond acceptors (Lipinski definition) is 6. The Hall–Kier alpha value is -3.62. The molecule has 2 amide bonds. The second kappa shape index (κ2) is 9.92. The van der Waals surface area contributed by atoms with E-state index in [0.29, 0.717) is 30.0 Å². The molecule has 1 aliphatic heterocycles. The van der Waals surface area contributed by atoms with Crippen molar-refractivity contribution in [1.82, 2.24) is 5.32 Å². The van der Waals surface area contributed by atoms with Crippen LogP contribution in [0.5, 0.6) is 11.5 Å². The van der Waals surface area contributed by atoms with E-state index < -0.39 is 36.1 Å². The predicted molar refractivity (Wildman–Crippen MR) is 110 cm³/mol. The summed E-state index contributed by atoms with van der Waals surface area (Å²) in [5.41, 5.74) is 1.63. The third-order valence-electron chi connectivity index (χ3n) is 4.87. The first kappa shape index (κ1) is 22.1. The molecule has 1 heterocycles. The van der Waals surface area contributed by atoms with Gasteiger partial charge in [0.1, 0.15) is 5.82 Å². The number of carbonyl (C=O) groups excluding carboxylic acids is 3. The Morgan fingerprint density at radius 3 is 2.65 bits per heavy atom. The quantitative estimate of drug-likeness (QED) is 0.623. The van der Waals surface area contributed by atoms with Crippen LogP contribution in [0.1, 0.15) is 23.5 Å². The number of anilines is 1. The van der Waals surface area contributed by atoms with Gasteiger partial charge in [0.15, 0.2) is 18.1 Å². The summed E-state index contributed by atoms with van der Waals surface area (Å²) < 4.78 is 28.9. The van der Waals surface area contributed by atoms with Gasteiger partial charge >= 0.3 is 5.97 Å². The Balaban J connectivity index is 1.49. The highest BCUT2D eigenvalue weighted by atomic mass is 19.1. The van der Waals surface area contributed by atoms with Crippen molar-refractivity contribution in [2.24, 2.45) is 0 Å². The minimum absolute atomic E-state index is 0.127. The lowest BCUT2D eigenvalue weighted by atomic mass is 9.90. The van der Waals surface area contributed by atoms with Gasteiger partial charge in [0.2, 0.25) is 5.91 Å². The summed E-state index contributed by atoms with van der Waals surface area (Å²) in [7, 11) is 3.10. The highest BCUT2D eigenvalue weighted by molar-refractivity contribution is 6.00. The van der Waals surface area contributed by atoms with E-state index in [2.05, 4.69) is 10.6 Å². The van der Waals surface area contributed by atoms with Crippen molar-refractivity contribution in [2.75, 3.05) is 32.7 Å². The minimum atomic E-state index is -0.885. The van der Waals surface area contributed by atoms with Gasteiger partial charge in [-0.2, -0.15) is 0 Å². The van der Waals surface area contributed by atoms with Crippen LogP contribution >= 0.6 is 0 Å². The molecule has 0 bridgehead atoms. The topological polar surface area (TPSA) is 103 Å². The molecule has 2 aromatic rings. The average Bonchev–Trinajstić information content (AvgIpc) is 2.76. The van der Waals surface area contributed by atoms with Gasteiger partial charge in [-0.25, -0.2) is 4.39 Å². The smallest absolute Gasteiger partial charge is 0.314 e. The lowest BCUT2D eigenvalue weighted by Gasteiger charge is -2.24. The van der Waals surface area contributed by atoms with Crippen LogP contribution in [0.2, 0.25) is 0 Å². The molecule has 1 unspecified atom stereocenters. The molecule has 0 saturated heterocycles. The van der Waals surface area contributed by atoms with Crippen molar-refractivity contribution in [2.45, 2.75) is 18.8 Å². The first-order chi connectivity index (χ1) is 14.9. The third kappa shape index (κ3) is 5.50. The Kier molecular flexibility index (Phi) is 7.07. The van der Waals surface area contributed by atoms with Gasteiger partial charge in [0.05, 0.1) is 20.1 Å². The van der Waals surface area contributed by atoms with Gasteiger partial charge in [-0.1, -0.05) is 12.1 Å². The highest BCUT2D eigenvalue weighted by Crippen LogP contribution is 2.33. The summed E-state index contributed by atoms with van der Waals surface area (Å²) in [5.74, 6) is -1.80. The van der Waals surface area contributed by atoms with Crippen LogP contribution in [0.25, 0.3) is 0 Å². The number of nitrogens with one attached hydrogen (secondary N) is 2. The molecule has 0 saturated carbocycles. The second-order valence-corrected chi connectivity index (χ2v) is 6.93. The molecule has 0 spiro atoms. The largest absolute Gasteiger partial charge is 0.493 e. The van der Waals surface area contributed by atoms with Crippen LogP contribution in [-0.2, 0) is 25.5 Å². The third-order valence-corrected chi connectivity index (χ3v) is 4.87. The zero-order valence-corrected chi connectivity index (χ0v) is 17.2. The molecule has 9 heteroatoms. The Morgan fingerprint density at radius 1 is 1.13 bits per heavy atom. The van der Waals surface area contributed by atoms with E-state index in [4.69, 9.17) is 14.2 Å². The number of hydrogen-bond donors (Lipinski definition) is 2. The standard InChI is InChI=1S/C22H23FN2O6/c1-29-18-6-3-13(9-19(18)30-2)7-8-24-21(27)12-31-22(28)16-11-20(26)25-17-10-14(23)4-5-15(16)17/h3-6,9-10,16H,7-8,11-12H2,1-2H3,(H,24,27)(H,25,26). The van der Waals surface area contributed by atoms with Crippen LogP contribution in [0.3, 0.4) is 0 Å². The predicted octanol–water partition coefficient (Wildman–Crippen LogP) is 2.17. The number of halogens is 1. The van der Waals surface area contributed by atoms with Gasteiger partial charge in [-0.05, 0) is 41.8 Å². The van der Waals surface area contributed by atoms with Crippen LogP contribution in [0.15, 0.2) is 36.4 Å². The fourth-order valence-corrected chi connectivity index (χ4v) is 3.32. The molecule has 2 aromatic carbocycles. The maximum absolute atomic E-state index is 13.4. The molecule has 164 valence electrons. The molecular weight excluding hydrogens is 407 g/mol. The molecule has 1 atom stereocenters. The Bertz CT molecular complexity index is 994. The number of fused-ring (bicyclic) bond motifs is 1. The summed E-state index contributed by atoms with van der Waals surface area (Å²) in [5, 5.41) is 5.20. The van der Waals surface area contributed by atoms with Crippen molar-refractivity contribution in [3.05, 3.63) is 53.3 Å². The molecule has 0 aliphatic carbocycles. The molecule has 8 nitrogen and oxygen atoms in total. The van der Waals surface area contributed by atoms with Crippen molar-refractivity contribution in [3.63, 3.8) is 0 Å². The SMILES string of the molecule is COc1ccc(CCNC(=O)COC(=O)C2CC(=O)Nc3cc(F)ccc32)cc1OC. The molecule has 31 heavy (non-hydrogen) atoms. The average molecular weight is 430 g/mol. The maximum Gasteiger partial charge on any atom is 0.314 e. The molecular formula is C22H23FN2O6. The van der Waals surface area contributed by atoms with E-state index in [1.54, 1.807) is 20.3 Å². The molecule has 0 radical (unpaired) electrons. The highest BCUT2D eigenvalue weighted by Gasteiger charge is 2.32. The Labute approximate surface area is 178 Å². The van der Waals surface area contributed by atoms with E-state index in [9.17, 15) is 18.8 Å². The zero-order chi connectivity index (χ0) is 22.4. The van der Waals surface area contributed by atoms with Crippen LogP contribution in [-0.4, -0.2) is 45.2 Å². The fourth-order valence-electron chi connectivity index (χ4n) is 3.32. The maximum atomic E-state index is 13.4. The number of esters is 1. The molecule has 3 rings (SSSR count). The monoisotopic (exact) mass is 430 g/mol. The van der Waals surface area contributed by atoms with Crippen molar-refractivity contribution in [1.29, 1.82) is 0 Å². The van der Waals surface area contributed by atoms with Crippen molar-refractivity contribution >= 4 is 23.5 Å². The first-order valence-corrected chi connectivity index (χ1v) is 9.64. The number of ether oxygens (including phenoxy) is 3. The van der Waals surface area contributed by atoms with Gasteiger partial charge in [0.25, 0.3) is 5.91 Å². The fraction of sp³-hybridized carbons (Fsp3) is 0.318. The number of methoxy groups -OCH3 is 2. The normalized spacial score (nSPS) is 14.8. The van der Waals surface area contributed by atoms with Crippen molar-refractivity contribution in [3.8, 4) is 11.5 Å². The summed E-state index contributed by atoms with van der Waals surface area (Å²) in [6.07, 6.45) is 0.417. The first-order valence-electron chi connectivity index (χ1n) is 9.64. The molecule has 2 N–H and O–H groups in total. The minimum Gasteiger partial charge on any atom is -0.493 e. The van der Waals surface area contributed by atoms with Crippen LogP contribution in [0, 0.1) is 5.82 Å². The van der Waals surface area contributed by atoms with Crippen molar-refractivity contribution < 1.29 is 33.0 Å². The summed E-state index contributed by atoms with van der Waals surface area (Å²) in [6.45, 7) is -0.140. The van der Waals surface area contributed by atoms with Gasteiger partial charge in [-0.3, -0.25) is 14.4 Å². The molecule has 0 fully saturated rings. The van der Waals surface area contributed by atoms with Gasteiger partial charge < -0.3 is 24.8 Å². The summed E-state index contributed by atoms with van der Waals surface area (Å²) >= 11 is 0. The molecule has 0 aromatic heterocycles. The number of rotatable bonds is 8. The van der Waals surface area contributed by atoms with Crippen LogP contribution in [0.4, 0.5) is 10.1 Å². The lowest BCUT2D eigenvalue weighted by Crippen LogP contribution is -2.33. The number of carbonyl (C=O) groups is 3. The zero-order valence-electron chi connectivity index (χ0n) is 17.2. The van der Waals surface area contributed by atoms with E-state index >= 15 is 0 Å². The van der Waals surface area contributed by atoms with E-state index in [1.807, 2.05) is 12.1 Å². The van der Waals surface area contributed by atoms with E-state index in [-0.39, 0.29) is 12.1 Å². The second-order valence-electron chi connectivity index (χ2n) is 6.93. The number of amides is 2. The van der Waals surface area contributed by atoms with Gasteiger partial charge in [-0.15, -0.1) is 0 Å². The van der Waals surface area contributed by atoms with Crippen LogP contribution < -0.4 is 20.1 Å². The van der Waals surface area contributed by atoms with Gasteiger partial charge in [0, 0.05) is 18.7 Å². The summed E-state index contributed by atoms with van der Waals surface area (Å²) in [6, 6.07) is 9.24. The Morgan fingerprint density at radius 2 is 1.90 bits per heavy atom. The van der Waals surface area contributed by atoms with E-state index in [1.165, 1.54) is 12.1 Å². The summed E-state index contributed by atoms with van der Waals surface area (Å²) in [4.78, 5) is 36.3. The lowest BCUT2D eigenvalue weighted by molar-refractivity contribution is -0.150. The van der Waals surface area contributed by atoms with E-state index in [0.717, 1.165) is 11.6 Å².